The Bertz CT molecular complexity index is 358. The molecule has 0 aliphatic heterocycles. The number of hydrogen-bond acceptors (Lipinski definition) is 3. The molecule has 0 saturated heterocycles. The Labute approximate surface area is 91.2 Å². The van der Waals surface area contributed by atoms with E-state index in [4.69, 9.17) is 0 Å². The second-order valence-electron chi connectivity index (χ2n) is 2.89. The van der Waals surface area contributed by atoms with Crippen molar-refractivity contribution in [3.63, 3.8) is 0 Å². The molecule has 0 amide bonds. The number of nitrogens with one attached hydrogen (secondary N) is 1. The quantitative estimate of drug-likeness (QED) is 0.479. The smallest absolute Gasteiger partial charge is 0.160 e. The van der Waals surface area contributed by atoms with Gasteiger partial charge >= 0.3 is 0 Å². The number of carbonyl (C=O) groups is 1. The number of benzene rings is 1. The van der Waals surface area contributed by atoms with E-state index in [1.807, 2.05) is 6.92 Å². The molecule has 0 saturated carbocycles. The third-order valence-corrected chi connectivity index (χ3v) is 2.71. The Balaban J connectivity index is 2.85. The molecule has 0 heterocycles. The van der Waals surface area contributed by atoms with Crippen molar-refractivity contribution in [1.29, 1.82) is 0 Å². The Hall–Kier alpha value is -1.10. The van der Waals surface area contributed by atoms with Crippen LogP contribution in [0.2, 0.25) is 0 Å². The summed E-state index contributed by atoms with van der Waals surface area (Å²) in [6.45, 7) is 1.99. The Morgan fingerprint density at radius 2 is 2.20 bits per heavy atom. The first kappa shape index (κ1) is 12.0. The van der Waals surface area contributed by atoms with Crippen LogP contribution in [0.25, 0.3) is 0 Å². The van der Waals surface area contributed by atoms with Crippen LogP contribution in [0.15, 0.2) is 12.1 Å². The fraction of sp³-hybridized carbons (Fsp3) is 0.300. The van der Waals surface area contributed by atoms with Crippen molar-refractivity contribution < 1.29 is 13.6 Å². The van der Waals surface area contributed by atoms with Crippen LogP contribution in [0.4, 0.5) is 14.5 Å². The number of halogens is 2. The Morgan fingerprint density at radius 1 is 1.47 bits per heavy atom. The fourth-order valence-electron chi connectivity index (χ4n) is 0.987. The zero-order valence-electron chi connectivity index (χ0n) is 8.22. The van der Waals surface area contributed by atoms with E-state index < -0.39 is 17.2 Å². The highest BCUT2D eigenvalue weighted by molar-refractivity contribution is 8.00. The first-order valence-corrected chi connectivity index (χ1v) is 5.50. The highest BCUT2D eigenvalue weighted by Gasteiger charge is 2.12. The molecule has 0 spiro atoms. The lowest BCUT2D eigenvalue weighted by molar-refractivity contribution is 0.111. The maximum Gasteiger partial charge on any atom is 0.160 e. The second-order valence-corrected chi connectivity index (χ2v) is 3.79. The zero-order valence-corrected chi connectivity index (χ0v) is 9.04. The van der Waals surface area contributed by atoms with Gasteiger partial charge in [-0.05, 0) is 18.6 Å². The maximum atomic E-state index is 13.4. The van der Waals surface area contributed by atoms with Gasteiger partial charge < -0.3 is 4.72 Å². The summed E-state index contributed by atoms with van der Waals surface area (Å²) in [4.78, 5) is 10.4. The third kappa shape index (κ3) is 2.92. The summed E-state index contributed by atoms with van der Waals surface area (Å²) < 4.78 is 29.1. The standard InChI is InChI=1S/C10H11F2NOS/c1-2-5-15-13-9-4-3-8(11)7(6-14)10(9)12/h3-4,6,13H,2,5H2,1H3. The van der Waals surface area contributed by atoms with Gasteiger partial charge in [-0.1, -0.05) is 18.9 Å². The summed E-state index contributed by atoms with van der Waals surface area (Å²) in [5.74, 6) is -0.866. The fourth-order valence-corrected chi connectivity index (χ4v) is 1.61. The minimum absolute atomic E-state index is 0.136. The van der Waals surface area contributed by atoms with Crippen LogP contribution in [-0.4, -0.2) is 12.0 Å². The van der Waals surface area contributed by atoms with E-state index in [-0.39, 0.29) is 12.0 Å². The first-order chi connectivity index (χ1) is 7.20. The van der Waals surface area contributed by atoms with Crippen molar-refractivity contribution in [3.8, 4) is 0 Å². The molecular weight excluding hydrogens is 220 g/mol. The second kappa shape index (κ2) is 5.70. The topological polar surface area (TPSA) is 29.1 Å². The van der Waals surface area contributed by atoms with Crippen molar-refractivity contribution in [3.05, 3.63) is 29.3 Å². The molecular formula is C10H11F2NOS. The molecule has 1 aromatic carbocycles. The summed E-state index contributed by atoms with van der Waals surface area (Å²) in [6, 6.07) is 2.35. The molecule has 0 atom stereocenters. The van der Waals surface area contributed by atoms with Crippen LogP contribution in [0.1, 0.15) is 23.7 Å². The van der Waals surface area contributed by atoms with Gasteiger partial charge in [-0.15, -0.1) is 0 Å². The largest absolute Gasteiger partial charge is 0.327 e. The molecule has 0 bridgehead atoms. The lowest BCUT2D eigenvalue weighted by atomic mass is 10.2. The molecule has 1 aromatic rings. The van der Waals surface area contributed by atoms with Crippen LogP contribution < -0.4 is 4.72 Å². The monoisotopic (exact) mass is 231 g/mol. The Kier molecular flexibility index (Phi) is 4.55. The number of rotatable bonds is 5. The van der Waals surface area contributed by atoms with Crippen molar-refractivity contribution in [2.75, 3.05) is 10.5 Å². The molecule has 0 fully saturated rings. The van der Waals surface area contributed by atoms with E-state index in [1.165, 1.54) is 18.0 Å². The Morgan fingerprint density at radius 3 is 2.80 bits per heavy atom. The van der Waals surface area contributed by atoms with Gasteiger partial charge in [0.05, 0.1) is 11.3 Å². The number of hydrogen-bond donors (Lipinski definition) is 1. The van der Waals surface area contributed by atoms with E-state index in [1.54, 1.807) is 0 Å². The maximum absolute atomic E-state index is 13.4. The van der Waals surface area contributed by atoms with Crippen LogP contribution in [0.3, 0.4) is 0 Å². The van der Waals surface area contributed by atoms with E-state index in [0.29, 0.717) is 0 Å². The molecule has 82 valence electrons. The zero-order chi connectivity index (χ0) is 11.3. The van der Waals surface area contributed by atoms with Gasteiger partial charge in [0.2, 0.25) is 0 Å². The number of anilines is 1. The summed E-state index contributed by atoms with van der Waals surface area (Å²) >= 11 is 1.32. The van der Waals surface area contributed by atoms with Crippen molar-refractivity contribution in [1.82, 2.24) is 0 Å². The number of carbonyl (C=O) groups excluding carboxylic acids is 1. The molecule has 0 radical (unpaired) electrons. The molecule has 15 heavy (non-hydrogen) atoms. The third-order valence-electron chi connectivity index (χ3n) is 1.73. The summed E-state index contributed by atoms with van der Waals surface area (Å²) in [5.41, 5.74) is -0.394. The summed E-state index contributed by atoms with van der Waals surface area (Å²) in [5, 5.41) is 0. The highest BCUT2D eigenvalue weighted by atomic mass is 32.2. The van der Waals surface area contributed by atoms with E-state index >= 15 is 0 Å². The average Bonchev–Trinajstić information content (AvgIpc) is 2.22. The van der Waals surface area contributed by atoms with Gasteiger partial charge in [0, 0.05) is 5.75 Å². The van der Waals surface area contributed by atoms with Gasteiger partial charge in [0.15, 0.2) is 12.1 Å². The van der Waals surface area contributed by atoms with Gasteiger partial charge in [0.1, 0.15) is 5.82 Å². The molecule has 5 heteroatoms. The number of aldehydes is 1. The summed E-state index contributed by atoms with van der Waals surface area (Å²) in [7, 11) is 0. The van der Waals surface area contributed by atoms with Gasteiger partial charge in [0.25, 0.3) is 0 Å². The van der Waals surface area contributed by atoms with E-state index in [2.05, 4.69) is 4.72 Å². The molecule has 1 rings (SSSR count). The predicted molar refractivity (Wildman–Crippen MR) is 58.1 cm³/mol. The minimum atomic E-state index is -0.839. The van der Waals surface area contributed by atoms with Crippen molar-refractivity contribution in [2.24, 2.45) is 0 Å². The van der Waals surface area contributed by atoms with Crippen molar-refractivity contribution in [2.45, 2.75) is 13.3 Å². The van der Waals surface area contributed by atoms with Gasteiger partial charge in [-0.3, -0.25) is 4.79 Å². The van der Waals surface area contributed by atoms with Crippen LogP contribution in [-0.2, 0) is 0 Å². The highest BCUT2D eigenvalue weighted by Crippen LogP contribution is 2.22. The van der Waals surface area contributed by atoms with Gasteiger partial charge in [-0.25, -0.2) is 8.78 Å². The van der Waals surface area contributed by atoms with Crippen molar-refractivity contribution >= 4 is 23.9 Å². The average molecular weight is 231 g/mol. The lowest BCUT2D eigenvalue weighted by Gasteiger charge is -2.07. The molecule has 1 N–H and O–H groups in total. The SMILES string of the molecule is CCCSNc1ccc(F)c(C=O)c1F. The first-order valence-electron chi connectivity index (χ1n) is 4.51. The van der Waals surface area contributed by atoms with Crippen LogP contribution in [0.5, 0.6) is 0 Å². The minimum Gasteiger partial charge on any atom is -0.327 e. The van der Waals surface area contributed by atoms with E-state index in [0.717, 1.165) is 18.2 Å². The normalized spacial score (nSPS) is 10.1. The molecule has 0 aromatic heterocycles. The molecule has 0 aliphatic rings. The summed E-state index contributed by atoms with van der Waals surface area (Å²) in [6.07, 6.45) is 1.13. The lowest BCUT2D eigenvalue weighted by Crippen LogP contribution is -1.99. The molecule has 2 nitrogen and oxygen atoms in total. The van der Waals surface area contributed by atoms with Crippen LogP contribution in [0, 0.1) is 11.6 Å². The predicted octanol–water partition coefficient (Wildman–Crippen LogP) is 3.25. The van der Waals surface area contributed by atoms with Crippen LogP contribution >= 0.6 is 11.9 Å². The van der Waals surface area contributed by atoms with Gasteiger partial charge in [-0.2, -0.15) is 0 Å². The molecule has 0 aliphatic carbocycles. The van der Waals surface area contributed by atoms with E-state index in [9.17, 15) is 13.6 Å². The molecule has 0 unspecified atom stereocenters.